The van der Waals surface area contributed by atoms with Gasteiger partial charge in [0, 0.05) is 6.07 Å². The Morgan fingerprint density at radius 3 is 2.25 bits per heavy atom. The highest BCUT2D eigenvalue weighted by Gasteiger charge is 2.13. The fourth-order valence-electron chi connectivity index (χ4n) is 1.90. The van der Waals surface area contributed by atoms with E-state index in [-0.39, 0.29) is 0 Å². The lowest BCUT2D eigenvalue weighted by Crippen LogP contribution is -2.05. The average Bonchev–Trinajstić information content (AvgIpc) is 2.16. The second-order valence-corrected chi connectivity index (χ2v) is 4.35. The number of hydrogen-bond donors (Lipinski definition) is 1. The third kappa shape index (κ3) is 3.89. The van der Waals surface area contributed by atoms with Crippen molar-refractivity contribution in [2.45, 2.75) is 39.2 Å². The van der Waals surface area contributed by atoms with Crippen LogP contribution in [0.2, 0.25) is 0 Å². The van der Waals surface area contributed by atoms with Gasteiger partial charge < -0.3 is 5.11 Å². The summed E-state index contributed by atoms with van der Waals surface area (Å²) < 4.78 is 25.8. The lowest BCUT2D eigenvalue weighted by Gasteiger charge is -2.16. The van der Waals surface area contributed by atoms with Crippen LogP contribution in [0.3, 0.4) is 0 Å². The first-order valence-electron chi connectivity index (χ1n) is 5.67. The van der Waals surface area contributed by atoms with Gasteiger partial charge in [0.25, 0.3) is 0 Å². The summed E-state index contributed by atoms with van der Waals surface area (Å²) in [6, 6.07) is 3.19. The van der Waals surface area contributed by atoms with Crippen LogP contribution in [-0.4, -0.2) is 5.11 Å². The number of aliphatic hydroxyl groups excluding tert-OH is 1. The van der Waals surface area contributed by atoms with Crippen LogP contribution in [0.5, 0.6) is 0 Å². The predicted octanol–water partition coefficient (Wildman–Crippen LogP) is 3.82. The third-order valence-corrected chi connectivity index (χ3v) is 2.68. The Morgan fingerprint density at radius 1 is 1.19 bits per heavy atom. The van der Waals surface area contributed by atoms with Gasteiger partial charge in [-0.25, -0.2) is 8.78 Å². The van der Waals surface area contributed by atoms with E-state index in [9.17, 15) is 13.9 Å². The Kier molecular flexibility index (Phi) is 4.87. The van der Waals surface area contributed by atoms with E-state index >= 15 is 0 Å². The van der Waals surface area contributed by atoms with Crippen molar-refractivity contribution in [3.05, 3.63) is 35.4 Å². The maximum atomic E-state index is 12.9. The Bertz CT molecular complexity index is 318. The highest BCUT2D eigenvalue weighted by atomic mass is 19.1. The zero-order chi connectivity index (χ0) is 12.1. The number of halogens is 2. The minimum atomic E-state index is -0.785. The van der Waals surface area contributed by atoms with Gasteiger partial charge >= 0.3 is 0 Å². The minimum absolute atomic E-state index is 0.320. The van der Waals surface area contributed by atoms with Crippen molar-refractivity contribution in [2.24, 2.45) is 5.92 Å². The molecule has 90 valence electrons. The fourth-order valence-corrected chi connectivity index (χ4v) is 1.90. The number of aliphatic hydroxyl groups is 1. The first kappa shape index (κ1) is 13.1. The lowest BCUT2D eigenvalue weighted by molar-refractivity contribution is 0.144. The molecule has 0 fully saturated rings. The molecule has 0 aliphatic heterocycles. The molecule has 0 bridgehead atoms. The average molecular weight is 228 g/mol. The van der Waals surface area contributed by atoms with Gasteiger partial charge in [-0.15, -0.1) is 0 Å². The summed E-state index contributed by atoms with van der Waals surface area (Å²) in [5.41, 5.74) is 0.320. The van der Waals surface area contributed by atoms with Crippen molar-refractivity contribution >= 4 is 0 Å². The van der Waals surface area contributed by atoms with Crippen molar-refractivity contribution in [2.75, 3.05) is 0 Å². The SMILES string of the molecule is CCCC(C)CC(O)c1cc(F)cc(F)c1. The van der Waals surface area contributed by atoms with Gasteiger partial charge in [-0.2, -0.15) is 0 Å². The normalized spacial score (nSPS) is 14.8. The molecule has 2 unspecified atom stereocenters. The van der Waals surface area contributed by atoms with Crippen LogP contribution in [0.15, 0.2) is 18.2 Å². The number of benzene rings is 1. The highest BCUT2D eigenvalue weighted by molar-refractivity contribution is 5.20. The zero-order valence-electron chi connectivity index (χ0n) is 9.71. The molecule has 0 radical (unpaired) electrons. The molecule has 1 aromatic carbocycles. The van der Waals surface area contributed by atoms with Crippen molar-refractivity contribution in [1.82, 2.24) is 0 Å². The van der Waals surface area contributed by atoms with Crippen LogP contribution >= 0.6 is 0 Å². The molecule has 0 spiro atoms. The standard InChI is InChI=1S/C13H18F2O/c1-3-4-9(2)5-13(16)10-6-11(14)8-12(15)7-10/h6-9,13,16H,3-5H2,1-2H3. The molecule has 2 atom stereocenters. The van der Waals surface area contributed by atoms with E-state index in [2.05, 4.69) is 6.92 Å². The molecule has 1 rings (SSSR count). The third-order valence-electron chi connectivity index (χ3n) is 2.68. The summed E-state index contributed by atoms with van der Waals surface area (Å²) in [4.78, 5) is 0. The van der Waals surface area contributed by atoms with Crippen LogP contribution in [0.1, 0.15) is 44.8 Å². The minimum Gasteiger partial charge on any atom is -0.388 e. The number of hydrogen-bond acceptors (Lipinski definition) is 1. The molecule has 0 aliphatic rings. The molecule has 0 aromatic heterocycles. The molecule has 0 saturated heterocycles. The summed E-state index contributed by atoms with van der Waals surface area (Å²) in [6.07, 6.45) is 1.81. The van der Waals surface area contributed by atoms with Gasteiger partial charge in [0.05, 0.1) is 6.10 Å². The van der Waals surface area contributed by atoms with Crippen molar-refractivity contribution in [3.63, 3.8) is 0 Å². The molecule has 1 aromatic rings. The highest BCUT2D eigenvalue weighted by Crippen LogP contribution is 2.24. The Morgan fingerprint density at radius 2 is 1.75 bits per heavy atom. The van der Waals surface area contributed by atoms with E-state index in [0.717, 1.165) is 18.9 Å². The monoisotopic (exact) mass is 228 g/mol. The maximum Gasteiger partial charge on any atom is 0.126 e. The van der Waals surface area contributed by atoms with Crippen LogP contribution < -0.4 is 0 Å². The second-order valence-electron chi connectivity index (χ2n) is 4.35. The quantitative estimate of drug-likeness (QED) is 0.812. The van der Waals surface area contributed by atoms with Crippen molar-refractivity contribution in [3.8, 4) is 0 Å². The van der Waals surface area contributed by atoms with Gasteiger partial charge in [0.2, 0.25) is 0 Å². The smallest absolute Gasteiger partial charge is 0.126 e. The van der Waals surface area contributed by atoms with Gasteiger partial charge in [-0.05, 0) is 30.0 Å². The summed E-state index contributed by atoms with van der Waals surface area (Å²) in [5, 5.41) is 9.83. The molecule has 1 N–H and O–H groups in total. The van der Waals surface area contributed by atoms with E-state index in [0.29, 0.717) is 17.9 Å². The summed E-state index contributed by atoms with van der Waals surface area (Å²) in [6.45, 7) is 4.10. The van der Waals surface area contributed by atoms with E-state index in [1.165, 1.54) is 12.1 Å². The molecular weight excluding hydrogens is 210 g/mol. The van der Waals surface area contributed by atoms with Crippen LogP contribution in [0, 0.1) is 17.6 Å². The van der Waals surface area contributed by atoms with Gasteiger partial charge in [0.15, 0.2) is 0 Å². The molecule has 16 heavy (non-hydrogen) atoms. The van der Waals surface area contributed by atoms with Gasteiger partial charge in [-0.3, -0.25) is 0 Å². The van der Waals surface area contributed by atoms with E-state index in [1.54, 1.807) is 0 Å². The Balaban J connectivity index is 2.68. The van der Waals surface area contributed by atoms with Crippen LogP contribution in [-0.2, 0) is 0 Å². The zero-order valence-corrected chi connectivity index (χ0v) is 9.71. The topological polar surface area (TPSA) is 20.2 Å². The molecule has 3 heteroatoms. The van der Waals surface area contributed by atoms with Gasteiger partial charge in [0.1, 0.15) is 11.6 Å². The van der Waals surface area contributed by atoms with E-state index in [1.807, 2.05) is 6.92 Å². The second kappa shape index (κ2) is 5.94. The van der Waals surface area contributed by atoms with E-state index < -0.39 is 17.7 Å². The Hall–Kier alpha value is -0.960. The van der Waals surface area contributed by atoms with Crippen molar-refractivity contribution < 1.29 is 13.9 Å². The first-order valence-corrected chi connectivity index (χ1v) is 5.67. The van der Waals surface area contributed by atoms with Crippen LogP contribution in [0.25, 0.3) is 0 Å². The molecule has 0 amide bonds. The van der Waals surface area contributed by atoms with Crippen LogP contribution in [0.4, 0.5) is 8.78 Å². The first-order chi connectivity index (χ1) is 7.52. The summed E-state index contributed by atoms with van der Waals surface area (Å²) in [5.74, 6) is -0.930. The molecule has 0 aliphatic carbocycles. The van der Waals surface area contributed by atoms with E-state index in [4.69, 9.17) is 0 Å². The molecular formula is C13H18F2O. The number of rotatable bonds is 5. The van der Waals surface area contributed by atoms with Gasteiger partial charge in [-0.1, -0.05) is 26.7 Å². The lowest BCUT2D eigenvalue weighted by atomic mass is 9.95. The molecule has 1 nitrogen and oxygen atoms in total. The molecule has 0 heterocycles. The maximum absolute atomic E-state index is 12.9. The van der Waals surface area contributed by atoms with Crippen molar-refractivity contribution in [1.29, 1.82) is 0 Å². The Labute approximate surface area is 95.1 Å². The summed E-state index contributed by atoms with van der Waals surface area (Å²) >= 11 is 0. The summed E-state index contributed by atoms with van der Waals surface area (Å²) in [7, 11) is 0. The predicted molar refractivity (Wildman–Crippen MR) is 60.0 cm³/mol. The fraction of sp³-hybridized carbons (Fsp3) is 0.538. The molecule has 0 saturated carbocycles. The largest absolute Gasteiger partial charge is 0.388 e.